The van der Waals surface area contributed by atoms with E-state index in [1.165, 1.54) is 5.23 Å². The lowest BCUT2D eigenvalue weighted by Crippen LogP contribution is -2.52. The summed E-state index contributed by atoms with van der Waals surface area (Å²) in [7, 11) is 0. The third-order valence-electron chi connectivity index (χ3n) is 2.86. The minimum Gasteiger partial charge on any atom is -0.394 e. The van der Waals surface area contributed by atoms with Gasteiger partial charge < -0.3 is 15.5 Å². The number of nitrogens with one attached hydrogen (secondary N) is 1. The van der Waals surface area contributed by atoms with Gasteiger partial charge in [-0.3, -0.25) is 14.5 Å². The monoisotopic (exact) mass is 326 g/mol. The summed E-state index contributed by atoms with van der Waals surface area (Å²) in [4.78, 5) is 22.6. The fourth-order valence-corrected chi connectivity index (χ4v) is 1.98. The first-order chi connectivity index (χ1) is 11.0. The molecule has 7 nitrogen and oxygen atoms in total. The third kappa shape index (κ3) is 8.63. The first kappa shape index (κ1) is 19.5. The fourth-order valence-electron chi connectivity index (χ4n) is 1.98. The number of benzene rings is 1. The molecule has 1 aromatic rings. The van der Waals surface area contributed by atoms with Crippen LogP contribution >= 0.6 is 0 Å². The molecule has 1 amide bonds. The summed E-state index contributed by atoms with van der Waals surface area (Å²) in [5.41, 5.74) is 0.322. The number of carbonyl (C=O) groups is 1. The predicted molar refractivity (Wildman–Crippen MR) is 85.1 cm³/mol. The lowest BCUT2D eigenvalue weighted by Gasteiger charge is -2.31. The summed E-state index contributed by atoms with van der Waals surface area (Å²) >= 11 is 0. The highest BCUT2D eigenvalue weighted by Gasteiger charge is 2.25. The van der Waals surface area contributed by atoms with E-state index in [0.29, 0.717) is 6.42 Å². The number of hydrogen-bond acceptors (Lipinski definition) is 6. The first-order valence-electron chi connectivity index (χ1n) is 7.57. The van der Waals surface area contributed by atoms with Crippen LogP contribution in [0, 0.1) is 0 Å². The Balaban J connectivity index is 2.52. The van der Waals surface area contributed by atoms with Gasteiger partial charge in [-0.15, -0.1) is 0 Å². The highest BCUT2D eigenvalue weighted by atomic mass is 16.9. The Labute approximate surface area is 136 Å². The third-order valence-corrected chi connectivity index (χ3v) is 2.86. The summed E-state index contributed by atoms with van der Waals surface area (Å²) in [6, 6.07) is 9.48. The van der Waals surface area contributed by atoms with Crippen molar-refractivity contribution in [3.05, 3.63) is 35.9 Å². The normalized spacial score (nSPS) is 11.7. The fraction of sp³-hybridized carbons (Fsp3) is 0.562. The molecular formula is C16H26N2O5. The molecule has 0 saturated carbocycles. The van der Waals surface area contributed by atoms with Crippen molar-refractivity contribution in [2.45, 2.75) is 25.8 Å². The lowest BCUT2D eigenvalue weighted by atomic mass is 10.0. The molecule has 7 heteroatoms. The van der Waals surface area contributed by atoms with Crippen LogP contribution in [0.1, 0.15) is 19.4 Å². The van der Waals surface area contributed by atoms with Crippen molar-refractivity contribution in [2.24, 2.45) is 0 Å². The van der Waals surface area contributed by atoms with E-state index < -0.39 is 5.54 Å². The molecule has 0 unspecified atom stereocenters. The van der Waals surface area contributed by atoms with E-state index in [9.17, 15) is 4.79 Å². The van der Waals surface area contributed by atoms with Crippen molar-refractivity contribution >= 4 is 5.91 Å². The minimum atomic E-state index is -0.614. The van der Waals surface area contributed by atoms with Crippen LogP contribution in [0.5, 0.6) is 0 Å². The zero-order valence-electron chi connectivity index (χ0n) is 13.7. The van der Waals surface area contributed by atoms with Crippen molar-refractivity contribution in [2.75, 3.05) is 33.0 Å². The number of aliphatic hydroxyl groups excluding tert-OH is 2. The van der Waals surface area contributed by atoms with Crippen LogP contribution in [-0.2, 0) is 20.9 Å². The summed E-state index contributed by atoms with van der Waals surface area (Å²) in [5, 5.41) is 21.7. The van der Waals surface area contributed by atoms with Crippen LogP contribution in [0.15, 0.2) is 30.3 Å². The lowest BCUT2D eigenvalue weighted by molar-refractivity contribution is -0.375. The molecule has 1 aromatic carbocycles. The predicted octanol–water partition coefficient (Wildman–Crippen LogP) is 0.274. The largest absolute Gasteiger partial charge is 0.394 e. The molecule has 0 saturated heterocycles. The van der Waals surface area contributed by atoms with Crippen LogP contribution < -0.4 is 5.32 Å². The van der Waals surface area contributed by atoms with Gasteiger partial charge in [-0.1, -0.05) is 35.6 Å². The Hall–Kier alpha value is -1.51. The maximum Gasteiger partial charge on any atom is 0.224 e. The second-order valence-corrected chi connectivity index (χ2v) is 5.70. The number of carbonyl (C=O) groups excluding carboxylic acids is 1. The average molecular weight is 326 g/mol. The topological polar surface area (TPSA) is 91.3 Å². The number of rotatable bonds is 11. The van der Waals surface area contributed by atoms with E-state index in [1.54, 1.807) is 0 Å². The number of hydroxylamine groups is 2. The van der Waals surface area contributed by atoms with Gasteiger partial charge in [0.2, 0.25) is 5.91 Å². The van der Waals surface area contributed by atoms with Gasteiger partial charge in [0, 0.05) is 0 Å². The first-order valence-corrected chi connectivity index (χ1v) is 7.57. The quantitative estimate of drug-likeness (QED) is 0.506. The van der Waals surface area contributed by atoms with E-state index in [1.807, 2.05) is 44.2 Å². The highest BCUT2D eigenvalue weighted by Crippen LogP contribution is 2.08. The van der Waals surface area contributed by atoms with Gasteiger partial charge in [0.05, 0.1) is 44.9 Å². The molecule has 0 aliphatic heterocycles. The highest BCUT2D eigenvalue weighted by molar-refractivity contribution is 5.79. The van der Waals surface area contributed by atoms with Gasteiger partial charge >= 0.3 is 0 Å². The Morgan fingerprint density at radius 2 is 1.70 bits per heavy atom. The Morgan fingerprint density at radius 3 is 2.22 bits per heavy atom. The average Bonchev–Trinajstić information content (AvgIpc) is 2.50. The SMILES string of the molecule is CC(C)(CN(OCCO)OCCO)NC(=O)Cc1ccccc1. The van der Waals surface area contributed by atoms with Gasteiger partial charge in [0.25, 0.3) is 0 Å². The van der Waals surface area contributed by atoms with Crippen molar-refractivity contribution in [1.29, 1.82) is 0 Å². The molecule has 1 rings (SSSR count). The summed E-state index contributed by atoms with van der Waals surface area (Å²) in [5.74, 6) is -0.106. The molecular weight excluding hydrogens is 300 g/mol. The molecule has 0 bridgehead atoms. The standard InChI is InChI=1S/C16H26N2O5/c1-16(2,13-18(22-10-8-19)23-11-9-20)17-15(21)12-14-6-4-3-5-7-14/h3-7,19-20H,8-13H2,1-2H3,(H,17,21). The van der Waals surface area contributed by atoms with Gasteiger partial charge in [0.1, 0.15) is 0 Å². The maximum atomic E-state index is 12.1. The molecule has 0 aromatic heterocycles. The zero-order valence-corrected chi connectivity index (χ0v) is 13.7. The number of amides is 1. The number of nitrogens with zero attached hydrogens (tertiary/aromatic N) is 1. The van der Waals surface area contributed by atoms with Gasteiger partial charge in [-0.05, 0) is 19.4 Å². The smallest absolute Gasteiger partial charge is 0.224 e. The van der Waals surface area contributed by atoms with Crippen molar-refractivity contribution in [1.82, 2.24) is 10.5 Å². The summed E-state index contributed by atoms with van der Waals surface area (Å²) in [6.45, 7) is 3.76. The maximum absolute atomic E-state index is 12.1. The molecule has 0 spiro atoms. The second kappa shape index (κ2) is 10.3. The van der Waals surface area contributed by atoms with E-state index >= 15 is 0 Å². The van der Waals surface area contributed by atoms with Gasteiger partial charge in [0.15, 0.2) is 0 Å². The number of aliphatic hydroxyl groups is 2. The molecule has 0 aliphatic carbocycles. The summed E-state index contributed by atoms with van der Waals surface area (Å²) in [6.07, 6.45) is 0.291. The molecule has 0 atom stereocenters. The van der Waals surface area contributed by atoms with Gasteiger partial charge in [-0.25, -0.2) is 0 Å². The molecule has 23 heavy (non-hydrogen) atoms. The van der Waals surface area contributed by atoms with Crippen LogP contribution in [-0.4, -0.2) is 59.9 Å². The number of hydrogen-bond donors (Lipinski definition) is 3. The molecule has 0 aliphatic rings. The van der Waals surface area contributed by atoms with Crippen LogP contribution in [0.4, 0.5) is 0 Å². The molecule has 0 radical (unpaired) electrons. The Bertz CT molecular complexity index is 445. The molecule has 130 valence electrons. The minimum absolute atomic E-state index is 0.0689. The van der Waals surface area contributed by atoms with Crippen LogP contribution in [0.3, 0.4) is 0 Å². The molecule has 3 N–H and O–H groups in total. The zero-order chi connectivity index (χ0) is 17.1. The van der Waals surface area contributed by atoms with Crippen molar-refractivity contribution < 1.29 is 24.7 Å². The Kier molecular flexibility index (Phi) is 8.75. The molecule has 0 heterocycles. The van der Waals surface area contributed by atoms with Crippen LogP contribution in [0.2, 0.25) is 0 Å². The second-order valence-electron chi connectivity index (χ2n) is 5.70. The van der Waals surface area contributed by atoms with E-state index in [4.69, 9.17) is 19.9 Å². The van der Waals surface area contributed by atoms with E-state index in [2.05, 4.69) is 5.32 Å². The summed E-state index contributed by atoms with van der Waals surface area (Å²) < 4.78 is 0. The van der Waals surface area contributed by atoms with E-state index in [-0.39, 0.29) is 38.9 Å². The van der Waals surface area contributed by atoms with Crippen molar-refractivity contribution in [3.63, 3.8) is 0 Å². The van der Waals surface area contributed by atoms with E-state index in [0.717, 1.165) is 5.56 Å². The van der Waals surface area contributed by atoms with Crippen LogP contribution in [0.25, 0.3) is 0 Å². The molecule has 0 fully saturated rings. The van der Waals surface area contributed by atoms with Crippen molar-refractivity contribution in [3.8, 4) is 0 Å². The van der Waals surface area contributed by atoms with Gasteiger partial charge in [-0.2, -0.15) is 0 Å². The Morgan fingerprint density at radius 1 is 1.13 bits per heavy atom.